The molecule has 0 fully saturated rings. The van der Waals surface area contributed by atoms with Gasteiger partial charge in [0.05, 0.1) is 14.2 Å². The first-order chi connectivity index (χ1) is 13.1. The van der Waals surface area contributed by atoms with Gasteiger partial charge in [0.2, 0.25) is 5.92 Å². The third-order valence-corrected chi connectivity index (χ3v) is 4.06. The lowest BCUT2D eigenvalue weighted by Crippen LogP contribution is -2.25. The molecule has 27 heavy (non-hydrogen) atoms. The highest BCUT2D eigenvalue weighted by Gasteiger charge is 2.34. The molecule has 0 aliphatic carbocycles. The summed E-state index contributed by atoms with van der Waals surface area (Å²) in [5, 5.41) is 15.9. The van der Waals surface area contributed by atoms with E-state index in [1.165, 1.54) is 31.1 Å². The predicted octanol–water partition coefficient (Wildman–Crippen LogP) is 2.77. The SMILES string of the molecule is COC(=O)C(C(=O)OC)c1nc(-c2ccccc2)c(/N=N/c2nncs2)[nH]1. The molecule has 3 rings (SSSR count). The van der Waals surface area contributed by atoms with Crippen LogP contribution >= 0.6 is 11.3 Å². The van der Waals surface area contributed by atoms with Gasteiger partial charge in [0, 0.05) is 5.56 Å². The van der Waals surface area contributed by atoms with Crippen molar-refractivity contribution in [3.05, 3.63) is 41.7 Å². The molecule has 0 saturated carbocycles. The molecule has 2 heterocycles. The molecule has 0 radical (unpaired) electrons. The number of nitrogens with one attached hydrogen (secondary N) is 1. The number of nitrogens with zero attached hydrogens (tertiary/aromatic N) is 5. The molecule has 0 aliphatic heterocycles. The lowest BCUT2D eigenvalue weighted by atomic mass is 10.1. The number of benzene rings is 1. The van der Waals surface area contributed by atoms with Gasteiger partial charge in [-0.2, -0.15) is 0 Å². The molecule has 0 aliphatic rings. The van der Waals surface area contributed by atoms with Gasteiger partial charge < -0.3 is 14.5 Å². The van der Waals surface area contributed by atoms with Crippen LogP contribution in [0.1, 0.15) is 11.7 Å². The van der Waals surface area contributed by atoms with Crippen molar-refractivity contribution in [2.45, 2.75) is 5.92 Å². The van der Waals surface area contributed by atoms with Crippen LogP contribution in [0.3, 0.4) is 0 Å². The number of azo groups is 1. The lowest BCUT2D eigenvalue weighted by molar-refractivity contribution is -0.154. The number of hydrogen-bond donors (Lipinski definition) is 1. The summed E-state index contributed by atoms with van der Waals surface area (Å²) in [6, 6.07) is 9.14. The number of carbonyl (C=O) groups excluding carboxylic acids is 2. The number of aromatic amines is 1. The Balaban J connectivity index is 2.08. The summed E-state index contributed by atoms with van der Waals surface area (Å²) in [5.41, 5.74) is 2.66. The first-order valence-electron chi connectivity index (χ1n) is 7.63. The summed E-state index contributed by atoms with van der Waals surface area (Å²) < 4.78 is 9.39. The topological polar surface area (TPSA) is 132 Å². The molecule has 0 spiro atoms. The van der Waals surface area contributed by atoms with E-state index in [2.05, 4.69) is 30.4 Å². The van der Waals surface area contributed by atoms with Crippen molar-refractivity contribution in [3.8, 4) is 11.3 Å². The number of ether oxygens (including phenoxy) is 2. The van der Waals surface area contributed by atoms with Crippen LogP contribution in [0.15, 0.2) is 46.1 Å². The Labute approximate surface area is 157 Å². The summed E-state index contributed by atoms with van der Waals surface area (Å²) in [6.45, 7) is 0. The zero-order chi connectivity index (χ0) is 19.2. The fourth-order valence-electron chi connectivity index (χ4n) is 2.25. The highest BCUT2D eigenvalue weighted by Crippen LogP contribution is 2.32. The van der Waals surface area contributed by atoms with Crippen LogP contribution in [0, 0.1) is 0 Å². The number of aromatic nitrogens is 4. The molecule has 0 bridgehead atoms. The van der Waals surface area contributed by atoms with E-state index in [4.69, 9.17) is 9.47 Å². The predicted molar refractivity (Wildman–Crippen MR) is 94.9 cm³/mol. The Morgan fingerprint density at radius 1 is 1.11 bits per heavy atom. The summed E-state index contributed by atoms with van der Waals surface area (Å²) in [5.74, 6) is -2.68. The van der Waals surface area contributed by atoms with Crippen LogP contribution in [0.25, 0.3) is 11.3 Å². The van der Waals surface area contributed by atoms with Gasteiger partial charge >= 0.3 is 11.9 Å². The monoisotopic (exact) mass is 386 g/mol. The first kappa shape index (κ1) is 18.3. The highest BCUT2D eigenvalue weighted by molar-refractivity contribution is 7.13. The first-order valence-corrected chi connectivity index (χ1v) is 8.51. The van der Waals surface area contributed by atoms with E-state index in [1.807, 2.05) is 30.3 Å². The molecule has 1 aromatic carbocycles. The fourth-order valence-corrected chi connectivity index (χ4v) is 2.62. The average Bonchev–Trinajstić information content (AvgIpc) is 3.36. The van der Waals surface area contributed by atoms with E-state index in [1.54, 1.807) is 0 Å². The van der Waals surface area contributed by atoms with Gasteiger partial charge in [0.1, 0.15) is 17.0 Å². The van der Waals surface area contributed by atoms with Crippen molar-refractivity contribution in [3.63, 3.8) is 0 Å². The van der Waals surface area contributed by atoms with Gasteiger partial charge in [-0.25, -0.2) is 4.98 Å². The van der Waals surface area contributed by atoms with Gasteiger partial charge in [-0.05, 0) is 0 Å². The summed E-state index contributed by atoms with van der Waals surface area (Å²) in [6.07, 6.45) is 0. The second-order valence-corrected chi connectivity index (χ2v) is 5.90. The van der Waals surface area contributed by atoms with Crippen LogP contribution in [-0.2, 0) is 19.1 Å². The average molecular weight is 386 g/mol. The smallest absolute Gasteiger partial charge is 0.327 e. The molecular weight excluding hydrogens is 372 g/mol. The van der Waals surface area contributed by atoms with E-state index in [0.717, 1.165) is 5.56 Å². The number of esters is 2. The molecule has 138 valence electrons. The Kier molecular flexibility index (Phi) is 5.61. The largest absolute Gasteiger partial charge is 0.468 e. The zero-order valence-electron chi connectivity index (χ0n) is 14.3. The Morgan fingerprint density at radius 3 is 2.41 bits per heavy atom. The minimum Gasteiger partial charge on any atom is -0.468 e. The number of rotatable bonds is 6. The third-order valence-electron chi connectivity index (χ3n) is 3.48. The molecule has 10 nitrogen and oxygen atoms in total. The Morgan fingerprint density at radius 2 is 1.81 bits per heavy atom. The van der Waals surface area contributed by atoms with Gasteiger partial charge in [-0.1, -0.05) is 41.7 Å². The van der Waals surface area contributed by atoms with Crippen LogP contribution in [-0.4, -0.2) is 46.3 Å². The molecular formula is C16H14N6O4S. The van der Waals surface area contributed by atoms with Crippen LogP contribution < -0.4 is 0 Å². The van der Waals surface area contributed by atoms with Crippen molar-refractivity contribution in [2.75, 3.05) is 14.2 Å². The van der Waals surface area contributed by atoms with Crippen molar-refractivity contribution in [1.29, 1.82) is 0 Å². The summed E-state index contributed by atoms with van der Waals surface area (Å²) in [4.78, 5) is 31.4. The molecule has 2 aromatic heterocycles. The van der Waals surface area contributed by atoms with E-state index in [-0.39, 0.29) is 11.6 Å². The zero-order valence-corrected chi connectivity index (χ0v) is 15.1. The van der Waals surface area contributed by atoms with Gasteiger partial charge in [-0.15, -0.1) is 20.4 Å². The quantitative estimate of drug-likeness (QED) is 0.391. The van der Waals surface area contributed by atoms with E-state index >= 15 is 0 Å². The second-order valence-electron chi connectivity index (χ2n) is 5.09. The van der Waals surface area contributed by atoms with Crippen LogP contribution in [0.2, 0.25) is 0 Å². The second kappa shape index (κ2) is 8.27. The summed E-state index contributed by atoms with van der Waals surface area (Å²) >= 11 is 1.21. The number of carbonyl (C=O) groups is 2. The van der Waals surface area contributed by atoms with Gasteiger partial charge in [-0.3, -0.25) is 9.59 Å². The minimum atomic E-state index is -1.37. The van der Waals surface area contributed by atoms with E-state index in [0.29, 0.717) is 10.8 Å². The standard InChI is InChI=1S/C16H14N6O4S/c1-25-14(23)10(15(24)26-2)12-18-11(9-6-4-3-5-7-9)13(19-12)20-22-16-21-17-8-27-16/h3-8,10H,1-2H3,(H,18,19)/b22-20+. The maximum Gasteiger partial charge on any atom is 0.327 e. The van der Waals surface area contributed by atoms with E-state index < -0.39 is 17.9 Å². The van der Waals surface area contributed by atoms with E-state index in [9.17, 15) is 9.59 Å². The van der Waals surface area contributed by atoms with Gasteiger partial charge in [0.15, 0.2) is 5.82 Å². The molecule has 0 unspecified atom stereocenters. The van der Waals surface area contributed by atoms with Crippen LogP contribution in [0.5, 0.6) is 0 Å². The summed E-state index contributed by atoms with van der Waals surface area (Å²) in [7, 11) is 2.35. The number of hydrogen-bond acceptors (Lipinski definition) is 10. The van der Waals surface area contributed by atoms with Crippen LogP contribution in [0.4, 0.5) is 10.9 Å². The number of H-pyrrole nitrogens is 1. The van der Waals surface area contributed by atoms with Crippen molar-refractivity contribution < 1.29 is 19.1 Å². The minimum absolute atomic E-state index is 0.0405. The Bertz CT molecular complexity index is 939. The molecule has 11 heteroatoms. The molecule has 0 saturated heterocycles. The highest BCUT2D eigenvalue weighted by atomic mass is 32.1. The maximum atomic E-state index is 12.1. The van der Waals surface area contributed by atoms with Crippen molar-refractivity contribution in [1.82, 2.24) is 20.2 Å². The van der Waals surface area contributed by atoms with Gasteiger partial charge in [0.25, 0.3) is 5.13 Å². The molecule has 0 amide bonds. The maximum absolute atomic E-state index is 12.1. The molecule has 3 aromatic rings. The number of imidazole rings is 1. The molecule has 0 atom stereocenters. The third kappa shape index (κ3) is 4.03. The lowest BCUT2D eigenvalue weighted by Gasteiger charge is -2.09. The Hall–Kier alpha value is -3.47. The normalized spacial score (nSPS) is 11.1. The van der Waals surface area contributed by atoms with Crippen molar-refractivity contribution in [2.24, 2.45) is 10.2 Å². The van der Waals surface area contributed by atoms with Crippen molar-refractivity contribution >= 4 is 34.2 Å². The fraction of sp³-hybridized carbons (Fsp3) is 0.188. The molecule has 1 N–H and O–H groups in total. The number of methoxy groups -OCH3 is 2.